The zero-order valence-corrected chi connectivity index (χ0v) is 11.2. The third kappa shape index (κ3) is 2.56. The van der Waals surface area contributed by atoms with Gasteiger partial charge in [-0.05, 0) is 28.8 Å². The summed E-state index contributed by atoms with van der Waals surface area (Å²) in [6.07, 6.45) is 0. The van der Waals surface area contributed by atoms with Crippen molar-refractivity contribution in [1.29, 1.82) is 0 Å². The van der Waals surface area contributed by atoms with Crippen molar-refractivity contribution in [2.75, 3.05) is 7.11 Å². The number of rotatable bonds is 3. The van der Waals surface area contributed by atoms with E-state index in [0.717, 1.165) is 0 Å². The minimum atomic E-state index is -2.29. The predicted octanol–water partition coefficient (Wildman–Crippen LogP) is 2.47. The van der Waals surface area contributed by atoms with Crippen LogP contribution in [0.3, 0.4) is 0 Å². The SMILES string of the molecule is COc1ccc(C(Br)(Br)S(=O)[O-])cc1. The van der Waals surface area contributed by atoms with Gasteiger partial charge in [-0.25, -0.2) is 0 Å². The third-order valence-corrected chi connectivity index (χ3v) is 4.79. The highest BCUT2D eigenvalue weighted by Crippen LogP contribution is 2.41. The lowest BCUT2D eigenvalue weighted by Crippen LogP contribution is -2.15. The molecular formula is C8H7Br2O3S-. The van der Waals surface area contributed by atoms with Crippen molar-refractivity contribution in [3.63, 3.8) is 0 Å². The van der Waals surface area contributed by atoms with Gasteiger partial charge in [-0.1, -0.05) is 44.0 Å². The number of hydrogen-bond acceptors (Lipinski definition) is 3. The van der Waals surface area contributed by atoms with E-state index < -0.39 is 13.6 Å². The molecule has 0 amide bonds. The molecule has 1 unspecified atom stereocenters. The predicted molar refractivity (Wildman–Crippen MR) is 61.4 cm³/mol. The Morgan fingerprint density at radius 3 is 2.21 bits per heavy atom. The van der Waals surface area contributed by atoms with Crippen molar-refractivity contribution in [3.05, 3.63) is 29.8 Å². The van der Waals surface area contributed by atoms with Gasteiger partial charge < -0.3 is 9.29 Å². The Labute approximate surface area is 101 Å². The molecule has 1 rings (SSSR count). The summed E-state index contributed by atoms with van der Waals surface area (Å²) in [5.41, 5.74) is 0.589. The van der Waals surface area contributed by atoms with Crippen molar-refractivity contribution < 1.29 is 13.5 Å². The summed E-state index contributed by atoms with van der Waals surface area (Å²) in [6, 6.07) is 6.72. The Hall–Kier alpha value is 0.0900. The van der Waals surface area contributed by atoms with Gasteiger partial charge in [-0.2, -0.15) is 0 Å². The van der Waals surface area contributed by atoms with Gasteiger partial charge in [-0.3, -0.25) is 4.21 Å². The maximum absolute atomic E-state index is 10.9. The molecule has 0 aromatic heterocycles. The maximum atomic E-state index is 10.9. The van der Waals surface area contributed by atoms with E-state index >= 15 is 0 Å². The molecule has 0 saturated heterocycles. The van der Waals surface area contributed by atoms with Gasteiger partial charge in [-0.15, -0.1) is 0 Å². The molecule has 0 fully saturated rings. The smallest absolute Gasteiger partial charge is 0.166 e. The van der Waals surface area contributed by atoms with Crippen molar-refractivity contribution in [1.82, 2.24) is 0 Å². The number of halogens is 2. The molecule has 0 saturated carbocycles. The lowest BCUT2D eigenvalue weighted by molar-refractivity contribution is 0.414. The van der Waals surface area contributed by atoms with E-state index in [-0.39, 0.29) is 0 Å². The fourth-order valence-corrected chi connectivity index (χ4v) is 1.74. The van der Waals surface area contributed by atoms with Gasteiger partial charge in [0, 0.05) is 0 Å². The number of hydrogen-bond donors (Lipinski definition) is 0. The number of benzene rings is 1. The van der Waals surface area contributed by atoms with E-state index in [1.54, 1.807) is 31.4 Å². The first kappa shape index (κ1) is 12.2. The molecule has 0 radical (unpaired) electrons. The van der Waals surface area contributed by atoms with Crippen LogP contribution in [0.1, 0.15) is 5.56 Å². The van der Waals surface area contributed by atoms with Gasteiger partial charge in [0.15, 0.2) is 2.57 Å². The first-order valence-electron chi connectivity index (χ1n) is 3.60. The highest BCUT2D eigenvalue weighted by Gasteiger charge is 2.26. The molecule has 0 spiro atoms. The first-order valence-corrected chi connectivity index (χ1v) is 6.26. The third-order valence-electron chi connectivity index (χ3n) is 1.64. The fraction of sp³-hybridized carbons (Fsp3) is 0.250. The van der Waals surface area contributed by atoms with Crippen LogP contribution in [0.25, 0.3) is 0 Å². The molecule has 3 nitrogen and oxygen atoms in total. The Balaban J connectivity index is 3.02. The molecular weight excluding hydrogens is 336 g/mol. The lowest BCUT2D eigenvalue weighted by atomic mass is 10.2. The van der Waals surface area contributed by atoms with Crippen LogP contribution in [0.5, 0.6) is 5.75 Å². The Morgan fingerprint density at radius 1 is 1.36 bits per heavy atom. The number of alkyl halides is 2. The van der Waals surface area contributed by atoms with E-state index in [9.17, 15) is 8.76 Å². The molecule has 0 bridgehead atoms. The highest BCUT2D eigenvalue weighted by molar-refractivity contribution is 9.27. The van der Waals surface area contributed by atoms with Gasteiger partial charge in [0.05, 0.1) is 7.11 Å². The molecule has 0 aliphatic rings. The van der Waals surface area contributed by atoms with E-state index in [0.29, 0.717) is 11.3 Å². The molecule has 0 aliphatic carbocycles. The van der Waals surface area contributed by atoms with Gasteiger partial charge in [0.2, 0.25) is 0 Å². The van der Waals surface area contributed by atoms with Gasteiger partial charge >= 0.3 is 0 Å². The summed E-state index contributed by atoms with van der Waals surface area (Å²) >= 11 is 3.84. The van der Waals surface area contributed by atoms with Crippen LogP contribution in [0.4, 0.5) is 0 Å². The van der Waals surface area contributed by atoms with Crippen LogP contribution >= 0.6 is 31.9 Å². The second-order valence-electron chi connectivity index (χ2n) is 2.48. The summed E-state index contributed by atoms with van der Waals surface area (Å²) in [4.78, 5) is 0. The summed E-state index contributed by atoms with van der Waals surface area (Å²) in [7, 11) is 1.55. The van der Waals surface area contributed by atoms with Crippen LogP contribution in [-0.2, 0) is 13.6 Å². The summed E-state index contributed by atoms with van der Waals surface area (Å²) in [6.45, 7) is 0. The first-order chi connectivity index (χ1) is 6.48. The summed E-state index contributed by atoms with van der Waals surface area (Å²) < 4.78 is 25.4. The van der Waals surface area contributed by atoms with Crippen LogP contribution in [0.2, 0.25) is 0 Å². The van der Waals surface area contributed by atoms with E-state index in [2.05, 4.69) is 31.9 Å². The van der Waals surface area contributed by atoms with Crippen LogP contribution in [-0.4, -0.2) is 15.9 Å². The minimum absolute atomic E-state index is 0.589. The highest BCUT2D eigenvalue weighted by atomic mass is 79.9. The lowest BCUT2D eigenvalue weighted by Gasteiger charge is -2.23. The normalized spacial score (nSPS) is 13.7. The van der Waals surface area contributed by atoms with Crippen molar-refractivity contribution in [3.8, 4) is 5.75 Å². The van der Waals surface area contributed by atoms with Crippen molar-refractivity contribution >= 4 is 42.9 Å². The number of ether oxygens (including phenoxy) is 1. The maximum Gasteiger partial charge on any atom is 0.166 e. The molecule has 1 aromatic rings. The summed E-state index contributed by atoms with van der Waals surface area (Å²) in [5.74, 6) is 0.682. The van der Waals surface area contributed by atoms with E-state index in [1.807, 2.05) is 0 Å². The second kappa shape index (κ2) is 4.74. The molecule has 0 aliphatic heterocycles. The quantitative estimate of drug-likeness (QED) is 0.626. The minimum Gasteiger partial charge on any atom is -0.770 e. The average Bonchev–Trinajstić information content (AvgIpc) is 2.17. The molecule has 6 heteroatoms. The topological polar surface area (TPSA) is 49.4 Å². The zero-order valence-electron chi connectivity index (χ0n) is 7.20. The largest absolute Gasteiger partial charge is 0.770 e. The van der Waals surface area contributed by atoms with Crippen LogP contribution in [0, 0.1) is 0 Å². The standard InChI is InChI=1S/C8H8Br2O3S/c1-13-7-4-2-6(3-5-7)8(9,10)14(11)12/h2-5H,1H3,(H,11,12)/p-1. The molecule has 1 aromatic carbocycles. The van der Waals surface area contributed by atoms with Gasteiger partial charge in [0.25, 0.3) is 0 Å². The summed E-state index contributed by atoms with van der Waals surface area (Å²) in [5, 5.41) is 0. The van der Waals surface area contributed by atoms with E-state index in [1.165, 1.54) is 0 Å². The number of methoxy groups -OCH3 is 1. The average molecular weight is 343 g/mol. The van der Waals surface area contributed by atoms with Gasteiger partial charge in [0.1, 0.15) is 5.75 Å². The monoisotopic (exact) mass is 341 g/mol. The molecule has 1 atom stereocenters. The van der Waals surface area contributed by atoms with Crippen molar-refractivity contribution in [2.24, 2.45) is 0 Å². The van der Waals surface area contributed by atoms with E-state index in [4.69, 9.17) is 4.74 Å². The molecule has 78 valence electrons. The second-order valence-corrected chi connectivity index (χ2v) is 8.05. The molecule has 0 N–H and O–H groups in total. The van der Waals surface area contributed by atoms with Crippen LogP contribution < -0.4 is 4.74 Å². The zero-order chi connectivity index (χ0) is 10.8. The Bertz CT molecular complexity index is 337. The fourth-order valence-electron chi connectivity index (χ4n) is 0.881. The Kier molecular flexibility index (Phi) is 4.12. The molecule has 0 heterocycles. The van der Waals surface area contributed by atoms with Crippen molar-refractivity contribution in [2.45, 2.75) is 2.57 Å². The van der Waals surface area contributed by atoms with Crippen LogP contribution in [0.15, 0.2) is 24.3 Å². The Morgan fingerprint density at radius 2 is 1.86 bits per heavy atom. The molecule has 14 heavy (non-hydrogen) atoms.